The largest absolute Gasteiger partial charge is 0.506 e. The van der Waals surface area contributed by atoms with Crippen molar-refractivity contribution in [2.75, 3.05) is 26.1 Å². The normalized spacial score (nSPS) is 9.92. The summed E-state index contributed by atoms with van der Waals surface area (Å²) in [5.74, 6) is -0.357. The second kappa shape index (κ2) is 7.87. The second-order valence-electron chi connectivity index (χ2n) is 4.71. The molecule has 0 heterocycles. The van der Waals surface area contributed by atoms with Crippen LogP contribution in [0.15, 0.2) is 42.5 Å². The van der Waals surface area contributed by atoms with Gasteiger partial charge in [0.05, 0.1) is 25.5 Å². The lowest BCUT2D eigenvalue weighted by Crippen LogP contribution is -2.20. The number of phenolic OH excluding ortho intramolecular Hbond substituents is 1. The fourth-order valence-electron chi connectivity index (χ4n) is 1.95. The van der Waals surface area contributed by atoms with Gasteiger partial charge in [-0.15, -0.1) is 0 Å². The van der Waals surface area contributed by atoms with Gasteiger partial charge >= 0.3 is 5.97 Å². The molecule has 0 aliphatic heterocycles. The molecule has 2 rings (SSSR count). The van der Waals surface area contributed by atoms with Gasteiger partial charge in [-0.2, -0.15) is 0 Å². The van der Waals surface area contributed by atoms with Crippen LogP contribution in [0.4, 0.5) is 5.69 Å². The highest BCUT2D eigenvalue weighted by atomic mass is 16.5. The topological polar surface area (TPSA) is 94.1 Å². The van der Waals surface area contributed by atoms with Crippen molar-refractivity contribution in [1.82, 2.24) is 0 Å². The number of aromatic hydroxyl groups is 1. The second-order valence-corrected chi connectivity index (χ2v) is 4.71. The number of nitrogens with one attached hydrogen (secondary N) is 1. The van der Waals surface area contributed by atoms with Crippen LogP contribution in [-0.2, 0) is 9.53 Å². The van der Waals surface area contributed by atoms with Crippen LogP contribution in [0.25, 0.3) is 0 Å². The molecule has 7 nitrogen and oxygen atoms in total. The quantitative estimate of drug-likeness (QED) is 0.622. The summed E-state index contributed by atoms with van der Waals surface area (Å²) in [4.78, 5) is 23.3. The van der Waals surface area contributed by atoms with Crippen LogP contribution in [0, 0.1) is 0 Å². The van der Waals surface area contributed by atoms with Gasteiger partial charge in [0.15, 0.2) is 18.1 Å². The Morgan fingerprint density at radius 3 is 2.42 bits per heavy atom. The van der Waals surface area contributed by atoms with E-state index in [1.807, 2.05) is 0 Å². The van der Waals surface area contributed by atoms with Crippen molar-refractivity contribution >= 4 is 17.6 Å². The maximum Gasteiger partial charge on any atom is 0.337 e. The number of amides is 1. The first-order chi connectivity index (χ1) is 11.5. The fraction of sp³-hybridized carbons (Fsp3) is 0.176. The van der Waals surface area contributed by atoms with E-state index in [0.29, 0.717) is 11.5 Å². The Hall–Kier alpha value is -3.22. The Balaban J connectivity index is 1.98. The highest BCUT2D eigenvalue weighted by molar-refractivity contribution is 5.95. The molecule has 1 amide bonds. The first-order valence-corrected chi connectivity index (χ1v) is 7.02. The summed E-state index contributed by atoms with van der Waals surface area (Å²) in [7, 11) is 2.74. The molecule has 0 unspecified atom stereocenters. The number of rotatable bonds is 6. The number of hydrogen-bond acceptors (Lipinski definition) is 6. The molecule has 0 saturated carbocycles. The molecule has 0 saturated heterocycles. The lowest BCUT2D eigenvalue weighted by Gasteiger charge is -2.11. The molecular weight excluding hydrogens is 314 g/mol. The van der Waals surface area contributed by atoms with E-state index in [1.165, 1.54) is 32.4 Å². The van der Waals surface area contributed by atoms with E-state index < -0.39 is 11.9 Å². The lowest BCUT2D eigenvalue weighted by molar-refractivity contribution is -0.118. The molecular formula is C17H17NO6. The molecule has 0 fully saturated rings. The molecule has 126 valence electrons. The van der Waals surface area contributed by atoms with Crippen LogP contribution in [0.3, 0.4) is 0 Å². The summed E-state index contributed by atoms with van der Waals surface area (Å²) in [6.07, 6.45) is 0. The Morgan fingerprint density at radius 1 is 1.08 bits per heavy atom. The van der Waals surface area contributed by atoms with E-state index in [9.17, 15) is 14.7 Å². The van der Waals surface area contributed by atoms with Crippen LogP contribution >= 0.6 is 0 Å². The summed E-state index contributed by atoms with van der Waals surface area (Å²) in [5, 5.41) is 12.4. The number of phenols is 1. The average Bonchev–Trinajstić information content (AvgIpc) is 2.61. The van der Waals surface area contributed by atoms with Gasteiger partial charge in [0.1, 0.15) is 5.75 Å². The lowest BCUT2D eigenvalue weighted by atomic mass is 10.2. The molecule has 24 heavy (non-hydrogen) atoms. The van der Waals surface area contributed by atoms with Crippen molar-refractivity contribution in [2.24, 2.45) is 0 Å². The van der Waals surface area contributed by atoms with Crippen molar-refractivity contribution in [3.63, 3.8) is 0 Å². The highest BCUT2D eigenvalue weighted by Crippen LogP contribution is 2.26. The summed E-state index contributed by atoms with van der Waals surface area (Å²) >= 11 is 0. The number of ether oxygens (including phenoxy) is 3. The molecule has 2 N–H and O–H groups in total. The number of esters is 1. The fourth-order valence-corrected chi connectivity index (χ4v) is 1.95. The molecule has 7 heteroatoms. The van der Waals surface area contributed by atoms with E-state index >= 15 is 0 Å². The average molecular weight is 331 g/mol. The molecule has 0 aliphatic carbocycles. The molecule has 0 bridgehead atoms. The third-order valence-electron chi connectivity index (χ3n) is 3.12. The minimum atomic E-state index is -0.581. The maximum atomic E-state index is 11.9. The van der Waals surface area contributed by atoms with E-state index in [0.717, 1.165) is 0 Å². The zero-order valence-corrected chi connectivity index (χ0v) is 13.2. The monoisotopic (exact) mass is 331 g/mol. The van der Waals surface area contributed by atoms with Gasteiger partial charge in [-0.05, 0) is 30.3 Å². The minimum absolute atomic E-state index is 0.163. The van der Waals surface area contributed by atoms with Crippen molar-refractivity contribution in [2.45, 2.75) is 0 Å². The van der Waals surface area contributed by atoms with E-state index in [4.69, 9.17) is 9.47 Å². The maximum absolute atomic E-state index is 11.9. The van der Waals surface area contributed by atoms with Gasteiger partial charge in [-0.25, -0.2) is 4.79 Å². The minimum Gasteiger partial charge on any atom is -0.506 e. The summed E-state index contributed by atoms with van der Waals surface area (Å²) < 4.78 is 15.1. The highest BCUT2D eigenvalue weighted by Gasteiger charge is 2.12. The predicted octanol–water partition coefficient (Wildman–Crippen LogP) is 2.20. The van der Waals surface area contributed by atoms with Crippen LogP contribution < -0.4 is 14.8 Å². The third kappa shape index (κ3) is 4.16. The van der Waals surface area contributed by atoms with Crippen LogP contribution in [-0.4, -0.2) is 37.8 Å². The molecule has 2 aromatic carbocycles. The first-order valence-electron chi connectivity index (χ1n) is 7.02. The van der Waals surface area contributed by atoms with Crippen molar-refractivity contribution in [1.29, 1.82) is 0 Å². The smallest absolute Gasteiger partial charge is 0.337 e. The van der Waals surface area contributed by atoms with Gasteiger partial charge < -0.3 is 24.6 Å². The summed E-state index contributed by atoms with van der Waals surface area (Å²) in [6, 6.07) is 11.0. The molecule has 0 radical (unpaired) electrons. The van der Waals surface area contributed by atoms with Gasteiger partial charge in [0, 0.05) is 0 Å². The van der Waals surface area contributed by atoms with Gasteiger partial charge in [-0.1, -0.05) is 12.1 Å². The SMILES string of the molecule is COC(=O)c1ccc(NC(=O)COc2ccccc2OC)c(O)c1. The zero-order chi connectivity index (χ0) is 17.5. The number of methoxy groups -OCH3 is 2. The Labute approximate surface area is 138 Å². The van der Waals surface area contributed by atoms with Crippen LogP contribution in [0.1, 0.15) is 10.4 Å². The Bertz CT molecular complexity index is 744. The van der Waals surface area contributed by atoms with Crippen molar-refractivity contribution in [3.05, 3.63) is 48.0 Å². The van der Waals surface area contributed by atoms with E-state index in [1.54, 1.807) is 24.3 Å². The van der Waals surface area contributed by atoms with Gasteiger partial charge in [0.2, 0.25) is 0 Å². The first kappa shape index (κ1) is 17.1. The number of anilines is 1. The Kier molecular flexibility index (Phi) is 5.62. The number of hydrogen-bond donors (Lipinski definition) is 2. The Morgan fingerprint density at radius 2 is 1.79 bits per heavy atom. The molecule has 0 aromatic heterocycles. The van der Waals surface area contributed by atoms with E-state index in [2.05, 4.69) is 10.1 Å². The van der Waals surface area contributed by atoms with E-state index in [-0.39, 0.29) is 23.6 Å². The third-order valence-corrected chi connectivity index (χ3v) is 3.12. The predicted molar refractivity (Wildman–Crippen MR) is 86.6 cm³/mol. The number of carbonyl (C=O) groups excluding carboxylic acids is 2. The van der Waals surface area contributed by atoms with Crippen molar-refractivity contribution < 1.29 is 28.9 Å². The number of benzene rings is 2. The van der Waals surface area contributed by atoms with Crippen molar-refractivity contribution in [3.8, 4) is 17.2 Å². The van der Waals surface area contributed by atoms with Gasteiger partial charge in [-0.3, -0.25) is 4.79 Å². The van der Waals surface area contributed by atoms with Gasteiger partial charge in [0.25, 0.3) is 5.91 Å². The van der Waals surface area contributed by atoms with Crippen LogP contribution in [0.5, 0.6) is 17.2 Å². The molecule has 2 aromatic rings. The standard InChI is InChI=1S/C17H17NO6/c1-22-14-5-3-4-6-15(14)24-10-16(20)18-12-8-7-11(9-13(12)19)17(21)23-2/h3-9,19H,10H2,1-2H3,(H,18,20). The summed E-state index contributed by atoms with van der Waals surface area (Å²) in [6.45, 7) is -0.265. The number of carbonyl (C=O) groups is 2. The molecule has 0 atom stereocenters. The van der Waals surface area contributed by atoms with Crippen LogP contribution in [0.2, 0.25) is 0 Å². The summed E-state index contributed by atoms with van der Waals surface area (Å²) in [5.41, 5.74) is 0.342. The molecule has 0 aliphatic rings. The number of para-hydroxylation sites is 2. The molecule has 0 spiro atoms. The zero-order valence-electron chi connectivity index (χ0n) is 13.2.